The summed E-state index contributed by atoms with van der Waals surface area (Å²) in [7, 11) is 0. The normalized spacial score (nSPS) is 23.8. The number of hydrogen-bond donors (Lipinski definition) is 1. The average molecular weight is 246 g/mol. The van der Waals surface area contributed by atoms with Crippen LogP contribution in [0.1, 0.15) is 19.8 Å². The van der Waals surface area contributed by atoms with Crippen molar-refractivity contribution in [1.82, 2.24) is 14.5 Å². The maximum Gasteiger partial charge on any atom is 0.201 e. The van der Waals surface area contributed by atoms with Crippen LogP contribution < -0.4 is 5.73 Å². The Kier molecular flexibility index (Phi) is 2.91. The molecule has 3 heterocycles. The van der Waals surface area contributed by atoms with Gasteiger partial charge in [0.05, 0.1) is 17.8 Å². The smallest absolute Gasteiger partial charge is 0.201 e. The average Bonchev–Trinajstić information content (AvgIpc) is 2.95. The molecule has 2 aromatic rings. The van der Waals surface area contributed by atoms with Crippen LogP contribution in [-0.2, 0) is 11.3 Å². The first-order valence-corrected chi connectivity index (χ1v) is 6.47. The van der Waals surface area contributed by atoms with Gasteiger partial charge in [-0.15, -0.1) is 0 Å². The lowest BCUT2D eigenvalue weighted by molar-refractivity contribution is 0.0839. The molecule has 0 aliphatic carbocycles. The van der Waals surface area contributed by atoms with Crippen LogP contribution in [0, 0.1) is 5.92 Å². The Hall–Kier alpha value is -1.62. The van der Waals surface area contributed by atoms with E-state index in [1.807, 2.05) is 6.07 Å². The van der Waals surface area contributed by atoms with Gasteiger partial charge in [-0.25, -0.2) is 4.98 Å². The lowest BCUT2D eigenvalue weighted by Crippen LogP contribution is -2.21. The van der Waals surface area contributed by atoms with Crippen molar-refractivity contribution in [2.45, 2.75) is 32.4 Å². The first-order chi connectivity index (χ1) is 8.79. The van der Waals surface area contributed by atoms with E-state index in [1.165, 1.54) is 0 Å². The van der Waals surface area contributed by atoms with Crippen LogP contribution in [0.5, 0.6) is 0 Å². The van der Waals surface area contributed by atoms with E-state index in [1.54, 1.807) is 12.4 Å². The van der Waals surface area contributed by atoms with Gasteiger partial charge >= 0.3 is 0 Å². The molecule has 5 nitrogen and oxygen atoms in total. The maximum absolute atomic E-state index is 6.00. The minimum absolute atomic E-state index is 0.351. The monoisotopic (exact) mass is 246 g/mol. The van der Waals surface area contributed by atoms with Crippen molar-refractivity contribution < 1.29 is 4.74 Å². The highest BCUT2D eigenvalue weighted by atomic mass is 16.5. The number of fused-ring (bicyclic) bond motifs is 1. The summed E-state index contributed by atoms with van der Waals surface area (Å²) in [6.45, 7) is 3.91. The topological polar surface area (TPSA) is 66.0 Å². The van der Waals surface area contributed by atoms with E-state index < -0.39 is 0 Å². The molecule has 2 aromatic heterocycles. The number of nitrogens with two attached hydrogens (primary N) is 1. The second-order valence-electron chi connectivity index (χ2n) is 4.81. The van der Waals surface area contributed by atoms with Gasteiger partial charge in [0.2, 0.25) is 5.95 Å². The first-order valence-electron chi connectivity index (χ1n) is 6.47. The molecule has 0 amide bonds. The van der Waals surface area contributed by atoms with Gasteiger partial charge in [-0.05, 0) is 18.9 Å². The number of nitrogens with zero attached hydrogens (tertiary/aromatic N) is 3. The summed E-state index contributed by atoms with van der Waals surface area (Å²) in [5, 5.41) is 0. The second-order valence-corrected chi connectivity index (χ2v) is 4.81. The van der Waals surface area contributed by atoms with E-state index >= 15 is 0 Å². The predicted octanol–water partition coefficient (Wildman–Crippen LogP) is 1.83. The molecule has 18 heavy (non-hydrogen) atoms. The number of rotatable bonds is 3. The van der Waals surface area contributed by atoms with Gasteiger partial charge in [0.15, 0.2) is 0 Å². The third-order valence-corrected chi connectivity index (χ3v) is 3.75. The Morgan fingerprint density at radius 2 is 2.44 bits per heavy atom. The molecule has 0 bridgehead atoms. The van der Waals surface area contributed by atoms with Gasteiger partial charge in [-0.2, -0.15) is 0 Å². The fourth-order valence-electron chi connectivity index (χ4n) is 2.78. The molecule has 2 N–H and O–H groups in total. The summed E-state index contributed by atoms with van der Waals surface area (Å²) in [5.41, 5.74) is 7.92. The summed E-state index contributed by atoms with van der Waals surface area (Å²) >= 11 is 0. The van der Waals surface area contributed by atoms with Gasteiger partial charge in [0, 0.05) is 25.3 Å². The van der Waals surface area contributed by atoms with Crippen LogP contribution >= 0.6 is 0 Å². The van der Waals surface area contributed by atoms with E-state index in [-0.39, 0.29) is 0 Å². The molecule has 1 fully saturated rings. The Labute approximate surface area is 106 Å². The zero-order chi connectivity index (χ0) is 12.5. The fraction of sp³-hybridized carbons (Fsp3) is 0.538. The number of hydrogen-bond acceptors (Lipinski definition) is 4. The standard InChI is InChI=1S/C13H18N4O/c1-2-12-9(4-6-18-12)8-17-11-3-5-15-7-10(11)16-13(17)14/h3,5,7,9,12H,2,4,6,8H2,1H3,(H2,14,16). The van der Waals surface area contributed by atoms with E-state index in [0.717, 1.165) is 37.0 Å². The SMILES string of the molecule is CCC1OCCC1Cn1c(N)nc2cnccc21. The van der Waals surface area contributed by atoms with Crippen LogP contribution in [0.25, 0.3) is 11.0 Å². The van der Waals surface area contributed by atoms with Crippen molar-refractivity contribution in [3.8, 4) is 0 Å². The molecule has 1 aliphatic rings. The van der Waals surface area contributed by atoms with Crippen molar-refractivity contribution >= 4 is 17.0 Å². The molecule has 96 valence electrons. The number of ether oxygens (including phenoxy) is 1. The fourth-order valence-corrected chi connectivity index (χ4v) is 2.78. The van der Waals surface area contributed by atoms with Crippen LogP contribution in [-0.4, -0.2) is 27.2 Å². The van der Waals surface area contributed by atoms with Crippen molar-refractivity contribution in [2.24, 2.45) is 5.92 Å². The lowest BCUT2D eigenvalue weighted by Gasteiger charge is -2.18. The third-order valence-electron chi connectivity index (χ3n) is 3.75. The number of imidazole rings is 1. The van der Waals surface area contributed by atoms with Crippen LogP contribution in [0.4, 0.5) is 5.95 Å². The van der Waals surface area contributed by atoms with E-state index in [4.69, 9.17) is 10.5 Å². The van der Waals surface area contributed by atoms with E-state index in [2.05, 4.69) is 21.5 Å². The van der Waals surface area contributed by atoms with Gasteiger partial charge in [0.1, 0.15) is 5.52 Å². The number of nitrogen functional groups attached to an aromatic ring is 1. The number of anilines is 1. The summed E-state index contributed by atoms with van der Waals surface area (Å²) in [5.74, 6) is 1.10. The maximum atomic E-state index is 6.00. The molecule has 0 spiro atoms. The summed E-state index contributed by atoms with van der Waals surface area (Å²) < 4.78 is 7.81. The first kappa shape index (κ1) is 11.5. The van der Waals surface area contributed by atoms with E-state index in [9.17, 15) is 0 Å². The minimum Gasteiger partial charge on any atom is -0.378 e. The van der Waals surface area contributed by atoms with Crippen molar-refractivity contribution in [1.29, 1.82) is 0 Å². The Morgan fingerprint density at radius 1 is 1.56 bits per heavy atom. The third kappa shape index (κ3) is 1.84. The highest BCUT2D eigenvalue weighted by Gasteiger charge is 2.27. The van der Waals surface area contributed by atoms with Gasteiger partial charge in [0.25, 0.3) is 0 Å². The number of pyridine rings is 1. The molecule has 2 unspecified atom stereocenters. The zero-order valence-electron chi connectivity index (χ0n) is 10.5. The second kappa shape index (κ2) is 4.57. The van der Waals surface area contributed by atoms with Crippen molar-refractivity contribution in [3.63, 3.8) is 0 Å². The molecule has 1 aliphatic heterocycles. The van der Waals surface area contributed by atoms with Gasteiger partial charge in [-0.1, -0.05) is 6.92 Å². The summed E-state index contributed by atoms with van der Waals surface area (Å²) in [6, 6.07) is 1.97. The summed E-state index contributed by atoms with van der Waals surface area (Å²) in [4.78, 5) is 8.42. The van der Waals surface area contributed by atoms with E-state index in [0.29, 0.717) is 18.0 Å². The molecule has 3 rings (SSSR count). The highest BCUT2D eigenvalue weighted by Crippen LogP contribution is 2.27. The number of aromatic nitrogens is 3. The minimum atomic E-state index is 0.351. The van der Waals surface area contributed by atoms with Gasteiger partial charge in [-0.3, -0.25) is 4.98 Å². The quantitative estimate of drug-likeness (QED) is 0.897. The van der Waals surface area contributed by atoms with Crippen molar-refractivity contribution in [3.05, 3.63) is 18.5 Å². The van der Waals surface area contributed by atoms with Crippen LogP contribution in [0.2, 0.25) is 0 Å². The van der Waals surface area contributed by atoms with Gasteiger partial charge < -0.3 is 15.0 Å². The highest BCUT2D eigenvalue weighted by molar-refractivity contribution is 5.77. The predicted molar refractivity (Wildman–Crippen MR) is 70.1 cm³/mol. The molecule has 0 saturated carbocycles. The Bertz CT molecular complexity index is 551. The molecule has 1 saturated heterocycles. The molecule has 0 aromatic carbocycles. The zero-order valence-corrected chi connectivity index (χ0v) is 10.5. The molecule has 5 heteroatoms. The molecule has 2 atom stereocenters. The Morgan fingerprint density at radius 3 is 3.28 bits per heavy atom. The lowest BCUT2D eigenvalue weighted by atomic mass is 9.99. The molecular weight excluding hydrogens is 228 g/mol. The largest absolute Gasteiger partial charge is 0.378 e. The Balaban J connectivity index is 1.92. The van der Waals surface area contributed by atoms with Crippen LogP contribution in [0.3, 0.4) is 0 Å². The van der Waals surface area contributed by atoms with Crippen molar-refractivity contribution in [2.75, 3.05) is 12.3 Å². The molecular formula is C13H18N4O. The van der Waals surface area contributed by atoms with Crippen LogP contribution in [0.15, 0.2) is 18.5 Å². The molecule has 0 radical (unpaired) electrons. The summed E-state index contributed by atoms with van der Waals surface area (Å²) in [6.07, 6.45) is 6.04.